The van der Waals surface area contributed by atoms with Crippen LogP contribution in [0.25, 0.3) is 22.2 Å². The molecule has 0 saturated heterocycles. The van der Waals surface area contributed by atoms with Crippen molar-refractivity contribution in [3.05, 3.63) is 125 Å². The molecule has 6 nitrogen and oxygen atoms in total. The lowest BCUT2D eigenvalue weighted by Crippen LogP contribution is -2.22. The van der Waals surface area contributed by atoms with Crippen LogP contribution < -0.4 is 15.1 Å². The van der Waals surface area contributed by atoms with E-state index in [4.69, 9.17) is 21.3 Å². The molecule has 0 aliphatic rings. The lowest BCUT2D eigenvalue weighted by atomic mass is 10.0. The van der Waals surface area contributed by atoms with Crippen LogP contribution in [0.2, 0.25) is 5.02 Å². The molecule has 0 aliphatic carbocycles. The van der Waals surface area contributed by atoms with Crippen LogP contribution >= 0.6 is 11.6 Å². The minimum atomic E-state index is -0.319. The minimum absolute atomic E-state index is 0.319. The van der Waals surface area contributed by atoms with E-state index in [1.165, 1.54) is 0 Å². The van der Waals surface area contributed by atoms with E-state index in [0.717, 1.165) is 52.1 Å². The molecule has 5 aromatic rings. The third-order valence-electron chi connectivity index (χ3n) is 6.83. The fourth-order valence-corrected chi connectivity index (χ4v) is 4.75. The van der Waals surface area contributed by atoms with Gasteiger partial charge in [0.15, 0.2) is 0 Å². The number of amides is 1. The zero-order valence-electron chi connectivity index (χ0n) is 23.0. The molecule has 1 aromatic heterocycles. The summed E-state index contributed by atoms with van der Waals surface area (Å²) in [6, 6.07) is 32.8. The van der Waals surface area contributed by atoms with Gasteiger partial charge >= 0.3 is 0 Å². The summed E-state index contributed by atoms with van der Waals surface area (Å²) < 4.78 is 6.23. The highest BCUT2D eigenvalue weighted by Gasteiger charge is 2.14. The molecule has 1 heterocycles. The van der Waals surface area contributed by atoms with E-state index in [1.807, 2.05) is 103 Å². The van der Waals surface area contributed by atoms with Crippen LogP contribution in [0.3, 0.4) is 0 Å². The van der Waals surface area contributed by atoms with Crippen molar-refractivity contribution in [1.29, 1.82) is 0 Å². The largest absolute Gasteiger partial charge is 0.488 e. The second-order valence-corrected chi connectivity index (χ2v) is 9.88. The monoisotopic (exact) mass is 562 g/mol. The summed E-state index contributed by atoms with van der Waals surface area (Å²) in [7, 11) is 0. The van der Waals surface area contributed by atoms with Gasteiger partial charge in [-0.05, 0) is 55.8 Å². The molecule has 0 bridgehead atoms. The first kappa shape index (κ1) is 27.9. The quantitative estimate of drug-likeness (QED) is 0.140. The predicted molar refractivity (Wildman–Crippen MR) is 168 cm³/mol. The zero-order chi connectivity index (χ0) is 28.6. The Morgan fingerprint density at radius 1 is 0.927 bits per heavy atom. The lowest BCUT2D eigenvalue weighted by Gasteiger charge is -2.22. The molecule has 5 rings (SSSR count). The van der Waals surface area contributed by atoms with Crippen molar-refractivity contribution < 1.29 is 9.53 Å². The zero-order valence-corrected chi connectivity index (χ0v) is 23.8. The number of hydrazone groups is 1. The number of carbonyl (C=O) groups excluding carboxylic acids is 1. The molecular formula is C34H31ClN4O2. The first-order valence-electron chi connectivity index (χ1n) is 13.6. The van der Waals surface area contributed by atoms with Gasteiger partial charge in [0, 0.05) is 46.4 Å². The van der Waals surface area contributed by atoms with Crippen molar-refractivity contribution in [2.24, 2.45) is 5.10 Å². The number of carbonyl (C=O) groups is 1. The van der Waals surface area contributed by atoms with Gasteiger partial charge in [0.1, 0.15) is 12.4 Å². The molecule has 206 valence electrons. The van der Waals surface area contributed by atoms with Gasteiger partial charge in [0.25, 0.3) is 5.91 Å². The van der Waals surface area contributed by atoms with Crippen LogP contribution in [-0.4, -0.2) is 30.2 Å². The van der Waals surface area contributed by atoms with E-state index in [0.29, 0.717) is 22.9 Å². The van der Waals surface area contributed by atoms with E-state index < -0.39 is 0 Å². The Labute approximate surface area is 245 Å². The van der Waals surface area contributed by atoms with Gasteiger partial charge in [-0.25, -0.2) is 10.4 Å². The minimum Gasteiger partial charge on any atom is -0.488 e. The van der Waals surface area contributed by atoms with Crippen molar-refractivity contribution in [2.45, 2.75) is 20.5 Å². The van der Waals surface area contributed by atoms with E-state index in [9.17, 15) is 4.79 Å². The molecule has 0 spiro atoms. The SMILES string of the molecule is CCN(CC)c1ccc(/C=N\NC(=O)c2cc(-c3ccccc3)nc3ccccc23)c(OCc2ccc(Cl)cc2)c1. The van der Waals surface area contributed by atoms with Gasteiger partial charge in [-0.1, -0.05) is 72.3 Å². The molecule has 41 heavy (non-hydrogen) atoms. The van der Waals surface area contributed by atoms with Crippen LogP contribution in [0.4, 0.5) is 5.69 Å². The van der Waals surface area contributed by atoms with Crippen molar-refractivity contribution in [2.75, 3.05) is 18.0 Å². The number of para-hydroxylation sites is 1. The third kappa shape index (κ3) is 6.73. The van der Waals surface area contributed by atoms with Crippen molar-refractivity contribution >= 4 is 40.3 Å². The Balaban J connectivity index is 1.40. The fraction of sp³-hybridized carbons (Fsp3) is 0.147. The Morgan fingerprint density at radius 3 is 2.41 bits per heavy atom. The second kappa shape index (κ2) is 13.1. The van der Waals surface area contributed by atoms with Crippen LogP contribution in [-0.2, 0) is 6.61 Å². The number of aromatic nitrogens is 1. The van der Waals surface area contributed by atoms with E-state index in [-0.39, 0.29) is 5.91 Å². The fourth-order valence-electron chi connectivity index (χ4n) is 4.62. The molecule has 0 atom stereocenters. The van der Waals surface area contributed by atoms with Gasteiger partial charge in [-0.3, -0.25) is 4.79 Å². The number of fused-ring (bicyclic) bond motifs is 1. The summed E-state index contributed by atoms with van der Waals surface area (Å²) in [5.41, 5.74) is 8.42. The Kier molecular flexibility index (Phi) is 8.92. The summed E-state index contributed by atoms with van der Waals surface area (Å²) in [6.07, 6.45) is 1.61. The number of pyridine rings is 1. The van der Waals surface area contributed by atoms with Crippen molar-refractivity contribution in [1.82, 2.24) is 10.4 Å². The number of rotatable bonds is 10. The summed E-state index contributed by atoms with van der Waals surface area (Å²) in [4.78, 5) is 20.4. The average molecular weight is 563 g/mol. The van der Waals surface area contributed by atoms with E-state index in [2.05, 4.69) is 29.3 Å². The number of hydrogen-bond donors (Lipinski definition) is 1. The summed E-state index contributed by atoms with van der Waals surface area (Å²) in [5, 5.41) is 5.75. The van der Waals surface area contributed by atoms with E-state index >= 15 is 0 Å². The lowest BCUT2D eigenvalue weighted by molar-refractivity contribution is 0.0956. The molecule has 0 aliphatic heterocycles. The number of nitrogens with one attached hydrogen (secondary N) is 1. The molecule has 0 fully saturated rings. The maximum atomic E-state index is 13.4. The van der Waals surface area contributed by atoms with Gasteiger partial charge in [0.2, 0.25) is 0 Å². The summed E-state index contributed by atoms with van der Waals surface area (Å²) in [6.45, 7) is 6.36. The summed E-state index contributed by atoms with van der Waals surface area (Å²) >= 11 is 6.04. The Hall–Kier alpha value is -4.68. The number of ether oxygens (including phenoxy) is 1. The normalized spacial score (nSPS) is 11.1. The first-order chi connectivity index (χ1) is 20.1. The number of nitrogens with zero attached hydrogens (tertiary/aromatic N) is 3. The topological polar surface area (TPSA) is 66.8 Å². The highest BCUT2D eigenvalue weighted by Crippen LogP contribution is 2.27. The van der Waals surface area contributed by atoms with Crippen LogP contribution in [0.15, 0.2) is 108 Å². The highest BCUT2D eigenvalue weighted by atomic mass is 35.5. The van der Waals surface area contributed by atoms with Crippen LogP contribution in [0.5, 0.6) is 5.75 Å². The molecule has 4 aromatic carbocycles. The van der Waals surface area contributed by atoms with Crippen molar-refractivity contribution in [3.63, 3.8) is 0 Å². The second-order valence-electron chi connectivity index (χ2n) is 9.45. The summed E-state index contributed by atoms with van der Waals surface area (Å²) in [5.74, 6) is 0.350. The standard InChI is InChI=1S/C34H31ClN4O2/c1-3-39(4-2)28-19-16-26(33(20-28)41-23-24-14-17-27(35)18-15-24)22-36-38-34(40)30-21-32(25-10-6-5-7-11-25)37-31-13-9-8-12-29(30)31/h5-22H,3-4,23H2,1-2H3,(H,38,40)/b36-22-. The van der Waals surface area contributed by atoms with Gasteiger partial charge in [-0.2, -0.15) is 5.10 Å². The number of hydrogen-bond acceptors (Lipinski definition) is 5. The smallest absolute Gasteiger partial charge is 0.272 e. The molecular weight excluding hydrogens is 532 g/mol. The number of anilines is 1. The third-order valence-corrected chi connectivity index (χ3v) is 7.09. The van der Waals surface area contributed by atoms with Gasteiger partial charge < -0.3 is 9.64 Å². The molecule has 0 unspecified atom stereocenters. The van der Waals surface area contributed by atoms with Gasteiger partial charge in [-0.15, -0.1) is 0 Å². The first-order valence-corrected chi connectivity index (χ1v) is 14.0. The Bertz CT molecular complexity index is 1670. The maximum absolute atomic E-state index is 13.4. The number of benzene rings is 4. The molecule has 7 heteroatoms. The predicted octanol–water partition coefficient (Wildman–Crippen LogP) is 7.74. The van der Waals surface area contributed by atoms with E-state index in [1.54, 1.807) is 6.21 Å². The number of halogens is 1. The highest BCUT2D eigenvalue weighted by molar-refractivity contribution is 6.30. The molecule has 0 radical (unpaired) electrons. The van der Waals surface area contributed by atoms with Crippen LogP contribution in [0, 0.1) is 0 Å². The molecule has 0 saturated carbocycles. The average Bonchev–Trinajstić information content (AvgIpc) is 3.02. The van der Waals surface area contributed by atoms with Gasteiger partial charge in [0.05, 0.1) is 23.0 Å². The Morgan fingerprint density at radius 2 is 1.66 bits per heavy atom. The molecule has 1 amide bonds. The van der Waals surface area contributed by atoms with Crippen LogP contribution in [0.1, 0.15) is 35.3 Å². The van der Waals surface area contributed by atoms with Crippen molar-refractivity contribution in [3.8, 4) is 17.0 Å². The molecule has 1 N–H and O–H groups in total. The maximum Gasteiger partial charge on any atom is 0.272 e.